The Bertz CT molecular complexity index is 378. The summed E-state index contributed by atoms with van der Waals surface area (Å²) in [6.45, 7) is 4.05. The molecule has 0 bridgehead atoms. The molecule has 0 fully saturated rings. The van der Waals surface area contributed by atoms with E-state index in [1.54, 1.807) is 14.1 Å². The summed E-state index contributed by atoms with van der Waals surface area (Å²) >= 11 is 9.98. The van der Waals surface area contributed by atoms with Gasteiger partial charge < -0.3 is 10.6 Å². The van der Waals surface area contributed by atoms with Gasteiger partial charge >= 0.3 is 0 Å². The highest BCUT2D eigenvalue weighted by Gasteiger charge is 2.05. The van der Waals surface area contributed by atoms with Crippen molar-refractivity contribution in [2.45, 2.75) is 39.5 Å². The molecule has 4 N–H and O–H groups in total. The van der Waals surface area contributed by atoms with Gasteiger partial charge in [-0.1, -0.05) is 19.8 Å². The third-order valence-electron chi connectivity index (χ3n) is 2.51. The Morgan fingerprint density at radius 2 is 1.50 bits per heavy atom. The molecule has 0 radical (unpaired) electrons. The molecule has 0 spiro atoms. The van der Waals surface area contributed by atoms with Crippen LogP contribution in [0.2, 0.25) is 0 Å². The number of hydrogen-bond acceptors (Lipinski definition) is 4. The first-order chi connectivity index (χ1) is 9.54. The Morgan fingerprint density at radius 1 is 0.950 bits per heavy atom. The molecular formula is C12H24N6S2. The molecule has 0 heterocycles. The molecule has 0 aromatic carbocycles. The molecule has 114 valence electrons. The molecular weight excluding hydrogens is 292 g/mol. The third-order valence-corrected chi connectivity index (χ3v) is 3.10. The highest BCUT2D eigenvalue weighted by Crippen LogP contribution is 2.02. The van der Waals surface area contributed by atoms with Gasteiger partial charge in [-0.05, 0) is 44.2 Å². The fourth-order valence-corrected chi connectivity index (χ4v) is 1.38. The summed E-state index contributed by atoms with van der Waals surface area (Å²) in [4.78, 5) is 0. The Balaban J connectivity index is 4.71. The quantitative estimate of drug-likeness (QED) is 0.247. The van der Waals surface area contributed by atoms with E-state index in [1.165, 1.54) is 0 Å². The fourth-order valence-electron chi connectivity index (χ4n) is 1.29. The summed E-state index contributed by atoms with van der Waals surface area (Å²) in [6, 6.07) is 0. The van der Waals surface area contributed by atoms with E-state index >= 15 is 0 Å². The highest BCUT2D eigenvalue weighted by atomic mass is 32.1. The lowest BCUT2D eigenvalue weighted by molar-refractivity contribution is 0.741. The van der Waals surface area contributed by atoms with E-state index < -0.39 is 0 Å². The number of rotatable bonds is 7. The summed E-state index contributed by atoms with van der Waals surface area (Å²) in [5.74, 6) is 0. The standard InChI is InChI=1S/C12H24N6S2/c1-5-6-7-8-10(16-18-12(20)14-4)9(2)15-17-11(19)13-3/h5-8H2,1-4H3,(H2,13,17,19)(H2,14,18,20)/b15-9+,16-10?. The summed E-state index contributed by atoms with van der Waals surface area (Å²) < 4.78 is 0. The molecule has 0 amide bonds. The van der Waals surface area contributed by atoms with E-state index in [2.05, 4.69) is 38.6 Å². The molecule has 0 aliphatic rings. The van der Waals surface area contributed by atoms with Crippen LogP contribution >= 0.6 is 24.4 Å². The Labute approximate surface area is 131 Å². The SMILES string of the molecule is CCCCCC(=NNC(=S)NC)/C(C)=N/NC(=S)NC. The first-order valence-corrected chi connectivity index (χ1v) is 7.43. The van der Waals surface area contributed by atoms with Crippen LogP contribution in [0.1, 0.15) is 39.5 Å². The predicted octanol–water partition coefficient (Wildman–Crippen LogP) is 1.49. The molecule has 0 rings (SSSR count). The lowest BCUT2D eigenvalue weighted by Gasteiger charge is -2.09. The lowest BCUT2D eigenvalue weighted by atomic mass is 10.1. The molecule has 0 saturated heterocycles. The number of hydrazone groups is 2. The van der Waals surface area contributed by atoms with Crippen LogP contribution in [0.15, 0.2) is 10.2 Å². The number of thiocarbonyl (C=S) groups is 2. The van der Waals surface area contributed by atoms with Gasteiger partial charge in [-0.3, -0.25) is 10.9 Å². The molecule has 0 aromatic rings. The topological polar surface area (TPSA) is 72.8 Å². The molecule has 0 unspecified atom stereocenters. The molecule has 0 aliphatic carbocycles. The van der Waals surface area contributed by atoms with Crippen molar-refractivity contribution in [2.24, 2.45) is 10.2 Å². The Hall–Kier alpha value is -1.28. The van der Waals surface area contributed by atoms with Gasteiger partial charge in [-0.15, -0.1) is 0 Å². The number of nitrogens with one attached hydrogen (secondary N) is 4. The molecule has 20 heavy (non-hydrogen) atoms. The van der Waals surface area contributed by atoms with E-state index in [4.69, 9.17) is 24.4 Å². The van der Waals surface area contributed by atoms with Crippen LogP contribution in [-0.2, 0) is 0 Å². The number of hydrogen-bond donors (Lipinski definition) is 4. The van der Waals surface area contributed by atoms with E-state index in [1.807, 2.05) is 6.92 Å². The van der Waals surface area contributed by atoms with E-state index in [0.29, 0.717) is 10.2 Å². The Kier molecular flexibility index (Phi) is 10.8. The first-order valence-electron chi connectivity index (χ1n) is 6.61. The van der Waals surface area contributed by atoms with Crippen molar-refractivity contribution in [2.75, 3.05) is 14.1 Å². The molecule has 0 saturated carbocycles. The average Bonchev–Trinajstić information content (AvgIpc) is 2.47. The first kappa shape index (κ1) is 18.7. The smallest absolute Gasteiger partial charge is 0.186 e. The second kappa shape index (κ2) is 11.5. The van der Waals surface area contributed by atoms with Crippen molar-refractivity contribution >= 4 is 46.1 Å². The zero-order chi connectivity index (χ0) is 15.4. The largest absolute Gasteiger partial charge is 0.364 e. The Morgan fingerprint density at radius 3 is 2.00 bits per heavy atom. The van der Waals surface area contributed by atoms with Gasteiger partial charge in [-0.25, -0.2) is 0 Å². The van der Waals surface area contributed by atoms with Crippen LogP contribution < -0.4 is 21.5 Å². The van der Waals surface area contributed by atoms with Crippen LogP contribution in [0.25, 0.3) is 0 Å². The van der Waals surface area contributed by atoms with Gasteiger partial charge in [-0.2, -0.15) is 10.2 Å². The normalized spacial score (nSPS) is 11.8. The van der Waals surface area contributed by atoms with Crippen LogP contribution in [0.5, 0.6) is 0 Å². The molecule has 6 nitrogen and oxygen atoms in total. The van der Waals surface area contributed by atoms with Gasteiger partial charge in [0.05, 0.1) is 11.4 Å². The zero-order valence-corrected chi connectivity index (χ0v) is 14.2. The van der Waals surface area contributed by atoms with Crippen LogP contribution in [-0.4, -0.2) is 35.7 Å². The second-order valence-electron chi connectivity index (χ2n) is 4.09. The van der Waals surface area contributed by atoms with Crippen molar-refractivity contribution in [1.82, 2.24) is 21.5 Å². The monoisotopic (exact) mass is 316 g/mol. The minimum Gasteiger partial charge on any atom is -0.364 e. The van der Waals surface area contributed by atoms with Gasteiger partial charge in [0, 0.05) is 14.1 Å². The van der Waals surface area contributed by atoms with E-state index in [9.17, 15) is 0 Å². The lowest BCUT2D eigenvalue weighted by Crippen LogP contribution is -2.32. The van der Waals surface area contributed by atoms with Crippen LogP contribution in [0.3, 0.4) is 0 Å². The third kappa shape index (κ3) is 8.76. The predicted molar refractivity (Wildman–Crippen MR) is 94.3 cm³/mol. The molecule has 0 aromatic heterocycles. The number of unbranched alkanes of at least 4 members (excludes halogenated alkanes) is 2. The van der Waals surface area contributed by atoms with Crippen molar-refractivity contribution in [3.05, 3.63) is 0 Å². The van der Waals surface area contributed by atoms with E-state index in [-0.39, 0.29) is 0 Å². The van der Waals surface area contributed by atoms with Crippen molar-refractivity contribution < 1.29 is 0 Å². The maximum absolute atomic E-state index is 5.00. The summed E-state index contributed by atoms with van der Waals surface area (Å²) in [5, 5.41) is 15.1. The van der Waals surface area contributed by atoms with Crippen LogP contribution in [0.4, 0.5) is 0 Å². The summed E-state index contributed by atoms with van der Waals surface area (Å²) in [6.07, 6.45) is 4.22. The van der Waals surface area contributed by atoms with E-state index in [0.717, 1.165) is 37.1 Å². The average molecular weight is 316 g/mol. The van der Waals surface area contributed by atoms with Crippen molar-refractivity contribution in [3.63, 3.8) is 0 Å². The van der Waals surface area contributed by atoms with Crippen molar-refractivity contribution in [3.8, 4) is 0 Å². The number of nitrogens with zero attached hydrogens (tertiary/aromatic N) is 2. The van der Waals surface area contributed by atoms with Gasteiger partial charge in [0.1, 0.15) is 0 Å². The second-order valence-corrected chi connectivity index (χ2v) is 4.91. The minimum absolute atomic E-state index is 0.468. The molecule has 0 aliphatic heterocycles. The van der Waals surface area contributed by atoms with Crippen LogP contribution in [0, 0.1) is 0 Å². The van der Waals surface area contributed by atoms with Crippen molar-refractivity contribution in [1.29, 1.82) is 0 Å². The minimum atomic E-state index is 0.468. The van der Waals surface area contributed by atoms with Gasteiger partial charge in [0.25, 0.3) is 0 Å². The van der Waals surface area contributed by atoms with Gasteiger partial charge in [0.15, 0.2) is 10.2 Å². The highest BCUT2D eigenvalue weighted by molar-refractivity contribution is 7.80. The zero-order valence-electron chi connectivity index (χ0n) is 12.5. The summed E-state index contributed by atoms with van der Waals surface area (Å²) in [5.41, 5.74) is 7.19. The summed E-state index contributed by atoms with van der Waals surface area (Å²) in [7, 11) is 3.48. The molecule has 0 atom stereocenters. The maximum atomic E-state index is 5.00. The van der Waals surface area contributed by atoms with Gasteiger partial charge in [0.2, 0.25) is 0 Å². The fraction of sp³-hybridized carbons (Fsp3) is 0.667. The molecule has 8 heteroatoms. The maximum Gasteiger partial charge on any atom is 0.186 e.